The largest absolute Gasteiger partial charge is 0.481 e. The van der Waals surface area contributed by atoms with E-state index in [0.29, 0.717) is 18.1 Å². The van der Waals surface area contributed by atoms with E-state index in [1.807, 2.05) is 0 Å². The lowest BCUT2D eigenvalue weighted by atomic mass is 10.3. The molecule has 0 aliphatic rings. The number of carboxylic acid groups (broad SMARTS) is 1. The monoisotopic (exact) mass is 409 g/mol. The molecule has 1 amide bonds. The number of hydrogen-bond acceptors (Lipinski definition) is 6. The molecular weight excluding hydrogens is 389 g/mol. The molecule has 0 spiro atoms. The second-order valence-corrected chi connectivity index (χ2v) is 10.2. The molecule has 0 bridgehead atoms. The van der Waals surface area contributed by atoms with Crippen LogP contribution in [-0.2, 0) is 19.4 Å². The van der Waals surface area contributed by atoms with Crippen molar-refractivity contribution in [1.82, 2.24) is 5.32 Å². The third-order valence-corrected chi connectivity index (χ3v) is 7.70. The summed E-state index contributed by atoms with van der Waals surface area (Å²) in [6, 6.07) is 4.51. The van der Waals surface area contributed by atoms with Crippen LogP contribution in [0.4, 0.5) is 4.39 Å². The van der Waals surface area contributed by atoms with Gasteiger partial charge in [0.1, 0.15) is 5.82 Å². The number of amides is 1. The Morgan fingerprint density at radius 3 is 2.40 bits per heavy atom. The minimum atomic E-state index is -3.69. The van der Waals surface area contributed by atoms with Crippen LogP contribution in [0.1, 0.15) is 19.8 Å². The highest BCUT2D eigenvalue weighted by molar-refractivity contribution is 8.76. The first kappa shape index (κ1) is 21.8. The highest BCUT2D eigenvalue weighted by atomic mass is 33.1. The fourth-order valence-electron chi connectivity index (χ4n) is 1.78. The highest BCUT2D eigenvalue weighted by Crippen LogP contribution is 2.21. The molecule has 0 aliphatic heterocycles. The molecule has 140 valence electrons. The SMILES string of the molecule is CC(CC(=O)NCCSSCCC(=O)O)S(=O)(=O)c1ccc(F)cc1. The number of carbonyl (C=O) groups excluding carboxylic acids is 1. The summed E-state index contributed by atoms with van der Waals surface area (Å²) >= 11 is 0. The number of rotatable bonds is 11. The Balaban J connectivity index is 2.33. The van der Waals surface area contributed by atoms with Gasteiger partial charge in [0.2, 0.25) is 5.91 Å². The first-order valence-corrected chi connectivity index (χ1v) is 11.5. The van der Waals surface area contributed by atoms with E-state index in [4.69, 9.17) is 5.11 Å². The van der Waals surface area contributed by atoms with E-state index in [2.05, 4.69) is 5.32 Å². The number of halogens is 1. The molecule has 1 aromatic carbocycles. The first-order chi connectivity index (χ1) is 11.7. The van der Waals surface area contributed by atoms with Gasteiger partial charge in [-0.2, -0.15) is 0 Å². The van der Waals surface area contributed by atoms with Crippen LogP contribution in [0.25, 0.3) is 0 Å². The van der Waals surface area contributed by atoms with Crippen molar-refractivity contribution >= 4 is 43.3 Å². The summed E-state index contributed by atoms with van der Waals surface area (Å²) < 4.78 is 37.5. The van der Waals surface area contributed by atoms with Crippen LogP contribution >= 0.6 is 21.6 Å². The molecule has 0 aromatic heterocycles. The second-order valence-electron chi connectivity index (χ2n) is 5.15. The number of hydrogen-bond donors (Lipinski definition) is 2. The fraction of sp³-hybridized carbons (Fsp3) is 0.467. The first-order valence-electron chi connectivity index (χ1n) is 7.46. The lowest BCUT2D eigenvalue weighted by Crippen LogP contribution is -2.31. The molecule has 1 atom stereocenters. The number of carbonyl (C=O) groups is 2. The molecule has 25 heavy (non-hydrogen) atoms. The van der Waals surface area contributed by atoms with Gasteiger partial charge >= 0.3 is 5.97 Å². The molecule has 1 aromatic rings. The van der Waals surface area contributed by atoms with Gasteiger partial charge in [0, 0.05) is 24.5 Å². The average molecular weight is 410 g/mol. The van der Waals surface area contributed by atoms with Gasteiger partial charge in [0.25, 0.3) is 0 Å². The van der Waals surface area contributed by atoms with E-state index in [1.165, 1.54) is 40.6 Å². The maximum atomic E-state index is 12.9. The smallest absolute Gasteiger partial charge is 0.304 e. The van der Waals surface area contributed by atoms with E-state index < -0.39 is 26.9 Å². The minimum Gasteiger partial charge on any atom is -0.481 e. The van der Waals surface area contributed by atoms with Crippen LogP contribution in [-0.4, -0.2) is 48.7 Å². The van der Waals surface area contributed by atoms with E-state index in [1.54, 1.807) is 0 Å². The molecule has 10 heteroatoms. The van der Waals surface area contributed by atoms with Crippen molar-refractivity contribution in [2.75, 3.05) is 18.1 Å². The van der Waals surface area contributed by atoms with Gasteiger partial charge in [-0.15, -0.1) is 0 Å². The minimum absolute atomic E-state index is 0.0143. The van der Waals surface area contributed by atoms with Crippen molar-refractivity contribution in [3.63, 3.8) is 0 Å². The Hall–Kier alpha value is -1.26. The molecular formula is C15H20FNO5S3. The maximum Gasteiger partial charge on any atom is 0.304 e. The molecule has 1 unspecified atom stereocenters. The van der Waals surface area contributed by atoms with Gasteiger partial charge in [-0.3, -0.25) is 9.59 Å². The summed E-state index contributed by atoms with van der Waals surface area (Å²) in [6.07, 6.45) is -0.0979. The Morgan fingerprint density at radius 1 is 1.20 bits per heavy atom. The van der Waals surface area contributed by atoms with Crippen molar-refractivity contribution < 1.29 is 27.5 Å². The fourth-order valence-corrected chi connectivity index (χ4v) is 5.02. The number of sulfone groups is 1. The Kier molecular flexibility index (Phi) is 9.30. The van der Waals surface area contributed by atoms with E-state index in [-0.39, 0.29) is 23.6 Å². The Morgan fingerprint density at radius 2 is 1.80 bits per heavy atom. The number of benzene rings is 1. The molecule has 0 saturated heterocycles. The zero-order valence-electron chi connectivity index (χ0n) is 13.6. The molecule has 2 N–H and O–H groups in total. The third kappa shape index (κ3) is 8.10. The summed E-state index contributed by atoms with van der Waals surface area (Å²) in [4.78, 5) is 22.2. The second kappa shape index (κ2) is 10.7. The van der Waals surface area contributed by atoms with Crippen molar-refractivity contribution in [3.8, 4) is 0 Å². The van der Waals surface area contributed by atoms with Crippen molar-refractivity contribution in [2.45, 2.75) is 29.9 Å². The number of aliphatic carboxylic acids is 1. The highest BCUT2D eigenvalue weighted by Gasteiger charge is 2.25. The summed E-state index contributed by atoms with van der Waals surface area (Å²) in [7, 11) is -0.841. The van der Waals surface area contributed by atoms with Gasteiger partial charge in [0.05, 0.1) is 16.6 Å². The normalized spacial score (nSPS) is 12.6. The molecule has 1 rings (SSSR count). The average Bonchev–Trinajstić information content (AvgIpc) is 2.54. The van der Waals surface area contributed by atoms with Crippen molar-refractivity contribution in [2.24, 2.45) is 0 Å². The van der Waals surface area contributed by atoms with E-state index in [0.717, 1.165) is 12.1 Å². The van der Waals surface area contributed by atoms with Crippen molar-refractivity contribution in [3.05, 3.63) is 30.1 Å². The quantitative estimate of drug-likeness (QED) is 0.329. The van der Waals surface area contributed by atoms with Crippen LogP contribution in [0.2, 0.25) is 0 Å². The Bertz CT molecular complexity index is 679. The molecule has 6 nitrogen and oxygen atoms in total. The predicted molar refractivity (Wildman–Crippen MR) is 97.8 cm³/mol. The summed E-state index contributed by atoms with van der Waals surface area (Å²) in [5.41, 5.74) is 0. The third-order valence-electron chi connectivity index (χ3n) is 3.13. The molecule has 0 heterocycles. The number of nitrogens with one attached hydrogen (secondary N) is 1. The molecule has 0 saturated carbocycles. The topological polar surface area (TPSA) is 101 Å². The van der Waals surface area contributed by atoms with Gasteiger partial charge in [-0.1, -0.05) is 21.6 Å². The van der Waals surface area contributed by atoms with Crippen LogP contribution in [0.3, 0.4) is 0 Å². The zero-order valence-corrected chi connectivity index (χ0v) is 16.1. The van der Waals surface area contributed by atoms with Gasteiger partial charge in [0.15, 0.2) is 9.84 Å². The zero-order chi connectivity index (χ0) is 18.9. The summed E-state index contributed by atoms with van der Waals surface area (Å²) in [5, 5.41) is 10.2. The summed E-state index contributed by atoms with van der Waals surface area (Å²) in [5.74, 6) is -0.675. The summed E-state index contributed by atoms with van der Waals surface area (Å²) in [6.45, 7) is 1.81. The molecule has 0 aliphatic carbocycles. The standard InChI is InChI=1S/C15H20FNO5S3/c1-11(25(21,22)13-4-2-12(16)3-5-13)10-14(18)17-7-9-24-23-8-6-15(19)20/h2-5,11H,6-10H2,1H3,(H,17,18)(H,19,20). The van der Waals surface area contributed by atoms with Gasteiger partial charge in [-0.05, 0) is 31.2 Å². The van der Waals surface area contributed by atoms with E-state index >= 15 is 0 Å². The van der Waals surface area contributed by atoms with Crippen LogP contribution in [0.15, 0.2) is 29.2 Å². The molecule has 0 fully saturated rings. The van der Waals surface area contributed by atoms with Crippen LogP contribution < -0.4 is 5.32 Å². The molecule has 0 radical (unpaired) electrons. The van der Waals surface area contributed by atoms with Crippen molar-refractivity contribution in [1.29, 1.82) is 0 Å². The van der Waals surface area contributed by atoms with Gasteiger partial charge in [-0.25, -0.2) is 12.8 Å². The van der Waals surface area contributed by atoms with Gasteiger partial charge < -0.3 is 10.4 Å². The Labute approximate surface area is 154 Å². The van der Waals surface area contributed by atoms with E-state index in [9.17, 15) is 22.4 Å². The number of carboxylic acids is 1. The maximum absolute atomic E-state index is 12.9. The van der Waals surface area contributed by atoms with Crippen LogP contribution in [0, 0.1) is 5.82 Å². The lowest BCUT2D eigenvalue weighted by molar-refractivity contribution is -0.136. The lowest BCUT2D eigenvalue weighted by Gasteiger charge is -2.13. The van der Waals surface area contributed by atoms with Crippen LogP contribution in [0.5, 0.6) is 0 Å². The predicted octanol–water partition coefficient (Wildman–Crippen LogP) is 2.35.